The maximum Gasteiger partial charge on any atom is 0.305 e. The van der Waals surface area contributed by atoms with Crippen molar-refractivity contribution in [2.45, 2.75) is 49.3 Å². The zero-order valence-electron chi connectivity index (χ0n) is 10.6. The van der Waals surface area contributed by atoms with Crippen molar-refractivity contribution in [1.82, 2.24) is 9.29 Å². The van der Waals surface area contributed by atoms with Gasteiger partial charge in [0, 0.05) is 18.8 Å². The van der Waals surface area contributed by atoms with Crippen LogP contribution in [-0.2, 0) is 10.0 Å². The first-order valence-electron chi connectivity index (χ1n) is 6.10. The van der Waals surface area contributed by atoms with E-state index in [9.17, 15) is 13.2 Å². The van der Waals surface area contributed by atoms with E-state index in [4.69, 9.17) is 0 Å². The molecule has 1 fully saturated rings. The van der Waals surface area contributed by atoms with Gasteiger partial charge in [0.15, 0.2) is 4.21 Å². The molecule has 1 aromatic rings. The number of hydrogen-bond donors (Lipinski definition) is 1. The molecule has 102 valence electrons. The molecule has 0 atom stereocenters. The van der Waals surface area contributed by atoms with Crippen LogP contribution in [0.2, 0.25) is 0 Å². The van der Waals surface area contributed by atoms with E-state index >= 15 is 0 Å². The van der Waals surface area contributed by atoms with Crippen LogP contribution in [0.5, 0.6) is 0 Å². The second-order valence-electron chi connectivity index (χ2n) is 4.74. The summed E-state index contributed by atoms with van der Waals surface area (Å²) in [7, 11) is -1.91. The number of thiazole rings is 1. The molecule has 1 N–H and O–H groups in total. The Hall–Kier alpha value is -0.660. The van der Waals surface area contributed by atoms with E-state index in [0.717, 1.165) is 37.0 Å². The predicted octanol–water partition coefficient (Wildman–Crippen LogP) is 1.70. The first-order valence-corrected chi connectivity index (χ1v) is 8.36. The molecule has 7 heteroatoms. The van der Waals surface area contributed by atoms with Gasteiger partial charge in [-0.3, -0.25) is 4.79 Å². The number of rotatable bonds is 3. The topological polar surface area (TPSA) is 70.2 Å². The Balaban J connectivity index is 2.30. The van der Waals surface area contributed by atoms with Crippen molar-refractivity contribution in [3.05, 3.63) is 15.4 Å². The minimum atomic E-state index is -3.53. The van der Waals surface area contributed by atoms with Gasteiger partial charge in [-0.25, -0.2) is 8.42 Å². The standard InChI is InChI=1S/C11H18N2O3S2/c1-8-10(17-11(14)12-8)18(15,16)13(2)9-6-4-3-5-7-9/h9H,3-7H2,1-2H3,(H,12,14). The molecule has 2 rings (SSSR count). The Morgan fingerprint density at radius 2 is 1.89 bits per heavy atom. The average Bonchev–Trinajstić information content (AvgIpc) is 2.69. The van der Waals surface area contributed by atoms with Gasteiger partial charge in [-0.2, -0.15) is 4.31 Å². The van der Waals surface area contributed by atoms with E-state index in [1.165, 1.54) is 10.7 Å². The van der Waals surface area contributed by atoms with E-state index in [1.54, 1.807) is 14.0 Å². The van der Waals surface area contributed by atoms with Gasteiger partial charge in [0.05, 0.1) is 0 Å². The highest BCUT2D eigenvalue weighted by Gasteiger charge is 2.31. The van der Waals surface area contributed by atoms with Gasteiger partial charge in [0.25, 0.3) is 10.0 Å². The monoisotopic (exact) mass is 290 g/mol. The van der Waals surface area contributed by atoms with Crippen LogP contribution >= 0.6 is 11.3 Å². The largest absolute Gasteiger partial charge is 0.315 e. The molecule has 0 unspecified atom stereocenters. The number of aryl methyl sites for hydroxylation is 1. The molecule has 0 amide bonds. The summed E-state index contributed by atoms with van der Waals surface area (Å²) in [4.78, 5) is 13.4. The third-order valence-electron chi connectivity index (χ3n) is 3.48. The van der Waals surface area contributed by atoms with Crippen LogP contribution < -0.4 is 4.87 Å². The van der Waals surface area contributed by atoms with Crippen LogP contribution in [0, 0.1) is 6.92 Å². The average molecular weight is 290 g/mol. The molecule has 0 aromatic carbocycles. The lowest BCUT2D eigenvalue weighted by atomic mass is 9.96. The Morgan fingerprint density at radius 1 is 1.28 bits per heavy atom. The van der Waals surface area contributed by atoms with Crippen molar-refractivity contribution in [3.63, 3.8) is 0 Å². The number of aromatic nitrogens is 1. The fraction of sp³-hybridized carbons (Fsp3) is 0.727. The molecule has 1 heterocycles. The first-order chi connectivity index (χ1) is 8.43. The second-order valence-corrected chi connectivity index (χ2v) is 7.92. The van der Waals surface area contributed by atoms with Gasteiger partial charge in [0.1, 0.15) is 0 Å². The van der Waals surface area contributed by atoms with E-state index in [2.05, 4.69) is 4.98 Å². The predicted molar refractivity (Wildman–Crippen MR) is 71.5 cm³/mol. The van der Waals surface area contributed by atoms with Crippen molar-refractivity contribution in [3.8, 4) is 0 Å². The van der Waals surface area contributed by atoms with Gasteiger partial charge < -0.3 is 4.98 Å². The molecule has 1 saturated carbocycles. The normalized spacial score (nSPS) is 18.4. The molecule has 0 spiro atoms. The first kappa shape index (κ1) is 13.8. The molecule has 0 bridgehead atoms. The van der Waals surface area contributed by atoms with Crippen LogP contribution in [0.25, 0.3) is 0 Å². The van der Waals surface area contributed by atoms with Gasteiger partial charge in [-0.1, -0.05) is 30.6 Å². The minimum Gasteiger partial charge on any atom is -0.315 e. The maximum atomic E-state index is 12.4. The molecule has 1 aliphatic rings. The summed E-state index contributed by atoms with van der Waals surface area (Å²) in [5.74, 6) is 0. The fourth-order valence-electron chi connectivity index (χ4n) is 2.41. The Bertz CT molecular complexity index is 567. The molecule has 0 aliphatic heterocycles. The second kappa shape index (κ2) is 5.14. The molecule has 0 radical (unpaired) electrons. The van der Waals surface area contributed by atoms with Gasteiger partial charge in [-0.05, 0) is 19.8 Å². The van der Waals surface area contributed by atoms with Crippen LogP contribution in [0.3, 0.4) is 0 Å². The zero-order chi connectivity index (χ0) is 13.3. The molecular formula is C11H18N2O3S2. The minimum absolute atomic E-state index is 0.0698. The maximum absolute atomic E-state index is 12.4. The molecule has 1 aliphatic carbocycles. The van der Waals surface area contributed by atoms with Gasteiger partial charge >= 0.3 is 4.87 Å². The summed E-state index contributed by atoms with van der Waals surface area (Å²) < 4.78 is 26.5. The number of aromatic amines is 1. The Kier molecular flexibility index (Phi) is 3.93. The SMILES string of the molecule is Cc1[nH]c(=O)sc1S(=O)(=O)N(C)C1CCCCC1. The lowest BCUT2D eigenvalue weighted by molar-refractivity contribution is 0.286. The van der Waals surface area contributed by atoms with Crippen LogP contribution in [0.4, 0.5) is 0 Å². The van der Waals surface area contributed by atoms with E-state index < -0.39 is 10.0 Å². The fourth-order valence-corrected chi connectivity index (χ4v) is 5.29. The van der Waals surface area contributed by atoms with Crippen LogP contribution in [-0.4, -0.2) is 30.8 Å². The number of sulfonamides is 1. The van der Waals surface area contributed by atoms with Crippen molar-refractivity contribution in [2.24, 2.45) is 0 Å². The number of H-pyrrole nitrogens is 1. The number of nitrogens with zero attached hydrogens (tertiary/aromatic N) is 1. The van der Waals surface area contributed by atoms with Crippen molar-refractivity contribution >= 4 is 21.4 Å². The summed E-state index contributed by atoms with van der Waals surface area (Å²) >= 11 is 0.773. The molecule has 0 saturated heterocycles. The van der Waals surface area contributed by atoms with Crippen LogP contribution in [0.1, 0.15) is 37.8 Å². The lowest BCUT2D eigenvalue weighted by Crippen LogP contribution is -2.38. The highest BCUT2D eigenvalue weighted by atomic mass is 32.2. The number of hydrogen-bond acceptors (Lipinski definition) is 4. The summed E-state index contributed by atoms with van der Waals surface area (Å²) in [6.45, 7) is 1.62. The van der Waals surface area contributed by atoms with E-state index in [-0.39, 0.29) is 15.1 Å². The Morgan fingerprint density at radius 3 is 2.39 bits per heavy atom. The van der Waals surface area contributed by atoms with Gasteiger partial charge in [-0.15, -0.1) is 0 Å². The smallest absolute Gasteiger partial charge is 0.305 e. The summed E-state index contributed by atoms with van der Waals surface area (Å²) in [5.41, 5.74) is 0.438. The van der Waals surface area contributed by atoms with Crippen molar-refractivity contribution in [1.29, 1.82) is 0 Å². The molecule has 5 nitrogen and oxygen atoms in total. The highest BCUT2D eigenvalue weighted by Crippen LogP contribution is 2.28. The quantitative estimate of drug-likeness (QED) is 0.921. The lowest BCUT2D eigenvalue weighted by Gasteiger charge is -2.30. The third-order valence-corrected chi connectivity index (χ3v) is 6.98. The van der Waals surface area contributed by atoms with Crippen LogP contribution in [0.15, 0.2) is 9.00 Å². The van der Waals surface area contributed by atoms with E-state index in [1.807, 2.05) is 0 Å². The Labute approximate surface area is 111 Å². The third kappa shape index (κ3) is 2.53. The zero-order valence-corrected chi connectivity index (χ0v) is 12.2. The summed E-state index contributed by atoms with van der Waals surface area (Å²) in [6.07, 6.45) is 5.16. The number of nitrogens with one attached hydrogen (secondary N) is 1. The van der Waals surface area contributed by atoms with Crippen molar-refractivity contribution < 1.29 is 8.42 Å². The summed E-state index contributed by atoms with van der Waals surface area (Å²) in [5, 5.41) is 0. The molecular weight excluding hydrogens is 272 g/mol. The highest BCUT2D eigenvalue weighted by molar-refractivity contribution is 7.91. The van der Waals surface area contributed by atoms with E-state index in [0.29, 0.717) is 5.69 Å². The van der Waals surface area contributed by atoms with Crippen molar-refractivity contribution in [2.75, 3.05) is 7.05 Å². The van der Waals surface area contributed by atoms with Gasteiger partial charge in [0.2, 0.25) is 0 Å². The molecule has 1 aromatic heterocycles. The summed E-state index contributed by atoms with van der Waals surface area (Å²) in [6, 6.07) is 0.0698. The molecule has 18 heavy (non-hydrogen) atoms.